The number of aromatic nitrogens is 1. The molecule has 3 heterocycles. The van der Waals surface area contributed by atoms with E-state index in [1.165, 1.54) is 30.5 Å². The van der Waals surface area contributed by atoms with Crippen molar-refractivity contribution >= 4 is 24.0 Å². The summed E-state index contributed by atoms with van der Waals surface area (Å²) in [7, 11) is 2.24. The van der Waals surface area contributed by atoms with E-state index in [2.05, 4.69) is 35.3 Å². The lowest BCUT2D eigenvalue weighted by atomic mass is 9.75. The first-order valence-corrected chi connectivity index (χ1v) is 10.6. The van der Waals surface area contributed by atoms with Gasteiger partial charge in [-0.3, -0.25) is 4.90 Å². The van der Waals surface area contributed by atoms with Crippen LogP contribution in [0.3, 0.4) is 0 Å². The van der Waals surface area contributed by atoms with E-state index in [4.69, 9.17) is 16.1 Å². The van der Waals surface area contributed by atoms with Gasteiger partial charge in [-0.1, -0.05) is 41.0 Å². The lowest BCUT2D eigenvalue weighted by Crippen LogP contribution is -2.44. The van der Waals surface area contributed by atoms with Gasteiger partial charge < -0.3 is 4.52 Å². The minimum Gasteiger partial charge on any atom is -0.361 e. The van der Waals surface area contributed by atoms with Crippen LogP contribution in [0.4, 0.5) is 4.39 Å². The highest BCUT2D eigenvalue weighted by Crippen LogP contribution is 2.51. The molecule has 3 nitrogen and oxygen atoms in total. The van der Waals surface area contributed by atoms with Crippen molar-refractivity contribution in [3.8, 4) is 0 Å². The maximum Gasteiger partial charge on any atom is 0.142 e. The summed E-state index contributed by atoms with van der Waals surface area (Å²) in [6.07, 6.45) is 4.18. The van der Waals surface area contributed by atoms with Gasteiger partial charge >= 0.3 is 0 Å². The van der Waals surface area contributed by atoms with Crippen molar-refractivity contribution in [1.29, 1.82) is 0 Å². The predicted octanol–water partition coefficient (Wildman–Crippen LogP) is 6.21. The molecule has 4 atom stereocenters. The zero-order valence-corrected chi connectivity index (χ0v) is 18.4. The summed E-state index contributed by atoms with van der Waals surface area (Å²) >= 11 is 6.13. The molecule has 6 heteroatoms. The number of piperidine rings is 1. The van der Waals surface area contributed by atoms with Crippen LogP contribution in [-0.4, -0.2) is 29.2 Å². The largest absolute Gasteiger partial charge is 0.361 e. The first kappa shape index (κ1) is 21.4. The number of hydrogen-bond acceptors (Lipinski definition) is 3. The number of halogens is 3. The normalized spacial score (nSPS) is 25.8. The number of benzene rings is 2. The lowest BCUT2D eigenvalue weighted by Gasteiger charge is -2.42. The maximum absolute atomic E-state index is 13.2. The second kappa shape index (κ2) is 8.70. The molecule has 2 aromatic carbocycles. The van der Waals surface area contributed by atoms with Crippen LogP contribution in [0.15, 0.2) is 59.1 Å². The second-order valence-corrected chi connectivity index (χ2v) is 8.84. The second-order valence-electron chi connectivity index (χ2n) is 8.41. The van der Waals surface area contributed by atoms with Crippen LogP contribution in [0.2, 0.25) is 5.02 Å². The molecule has 2 fully saturated rings. The Bertz CT molecular complexity index is 989. The number of rotatable bonds is 4. The van der Waals surface area contributed by atoms with Gasteiger partial charge in [-0.05, 0) is 67.6 Å². The Balaban J connectivity index is 0.00000218. The molecule has 2 bridgehead atoms. The number of likely N-dealkylation sites (N-methyl/N-ethyl adjacent to an activating group) is 1. The van der Waals surface area contributed by atoms with E-state index in [-0.39, 0.29) is 24.1 Å². The van der Waals surface area contributed by atoms with Crippen molar-refractivity contribution < 1.29 is 8.91 Å². The molecule has 3 aromatic rings. The Morgan fingerprint density at radius 3 is 2.57 bits per heavy atom. The van der Waals surface area contributed by atoms with Gasteiger partial charge in [-0.15, -0.1) is 12.4 Å². The Morgan fingerprint density at radius 2 is 1.83 bits per heavy atom. The van der Waals surface area contributed by atoms with Crippen molar-refractivity contribution in [3.05, 3.63) is 88.0 Å². The van der Waals surface area contributed by atoms with Crippen molar-refractivity contribution in [3.63, 3.8) is 0 Å². The van der Waals surface area contributed by atoms with E-state index < -0.39 is 0 Å². The SMILES string of the molecule is CN1C2CCC1[C@@H](c1cc(Cc3ccc(F)cc3)no1)[C@@H](c1ccc(Cl)cc1)C2.Cl. The molecule has 5 rings (SSSR count). The molecule has 2 aliphatic rings. The highest BCUT2D eigenvalue weighted by atomic mass is 35.5. The number of fused-ring (bicyclic) bond motifs is 2. The molecule has 30 heavy (non-hydrogen) atoms. The van der Waals surface area contributed by atoms with Crippen LogP contribution in [-0.2, 0) is 6.42 Å². The molecule has 1 aromatic heterocycles. The minimum absolute atomic E-state index is 0. The third-order valence-electron chi connectivity index (χ3n) is 6.77. The average Bonchev–Trinajstić information content (AvgIpc) is 3.26. The van der Waals surface area contributed by atoms with Crippen LogP contribution in [0.5, 0.6) is 0 Å². The Kier molecular flexibility index (Phi) is 6.19. The van der Waals surface area contributed by atoms with Crippen molar-refractivity contribution in [1.82, 2.24) is 10.1 Å². The summed E-state index contributed by atoms with van der Waals surface area (Å²) in [5.41, 5.74) is 3.24. The van der Waals surface area contributed by atoms with Crippen molar-refractivity contribution in [2.24, 2.45) is 0 Å². The average molecular weight is 447 g/mol. The van der Waals surface area contributed by atoms with Gasteiger partial charge in [0.2, 0.25) is 0 Å². The Morgan fingerprint density at radius 1 is 1.10 bits per heavy atom. The fourth-order valence-electron chi connectivity index (χ4n) is 5.29. The Labute approximate surface area is 187 Å². The summed E-state index contributed by atoms with van der Waals surface area (Å²) in [5.74, 6) is 1.41. The molecule has 2 aliphatic heterocycles. The molecular weight excluding hydrogens is 422 g/mol. The maximum atomic E-state index is 13.2. The van der Waals surface area contributed by atoms with E-state index in [1.54, 1.807) is 12.1 Å². The molecule has 0 aliphatic carbocycles. The van der Waals surface area contributed by atoms with Crippen LogP contribution < -0.4 is 0 Å². The molecule has 0 amide bonds. The molecule has 0 N–H and O–H groups in total. The highest BCUT2D eigenvalue weighted by Gasteiger charge is 2.48. The van der Waals surface area contributed by atoms with E-state index in [1.807, 2.05) is 12.1 Å². The van der Waals surface area contributed by atoms with E-state index in [9.17, 15) is 4.39 Å². The van der Waals surface area contributed by atoms with E-state index in [0.29, 0.717) is 24.4 Å². The zero-order valence-electron chi connectivity index (χ0n) is 16.8. The summed E-state index contributed by atoms with van der Waals surface area (Å²) in [6.45, 7) is 0. The van der Waals surface area contributed by atoms with Crippen LogP contribution in [0, 0.1) is 5.82 Å². The van der Waals surface area contributed by atoms with Gasteiger partial charge in [0, 0.05) is 35.5 Å². The summed E-state index contributed by atoms with van der Waals surface area (Å²) < 4.78 is 19.1. The molecule has 2 saturated heterocycles. The molecule has 0 spiro atoms. The zero-order chi connectivity index (χ0) is 20.0. The Hall–Kier alpha value is -1.88. The topological polar surface area (TPSA) is 29.3 Å². The summed E-state index contributed by atoms with van der Waals surface area (Å²) in [5, 5.41) is 5.12. The fraction of sp³-hybridized carbons (Fsp3) is 0.375. The van der Waals surface area contributed by atoms with Crippen LogP contribution >= 0.6 is 24.0 Å². The molecule has 158 valence electrons. The van der Waals surface area contributed by atoms with Crippen molar-refractivity contribution in [2.75, 3.05) is 7.05 Å². The third kappa shape index (κ3) is 4.01. The van der Waals surface area contributed by atoms with E-state index in [0.717, 1.165) is 28.5 Å². The van der Waals surface area contributed by atoms with Gasteiger partial charge in [0.1, 0.15) is 11.6 Å². The van der Waals surface area contributed by atoms with Gasteiger partial charge in [-0.25, -0.2) is 4.39 Å². The number of hydrogen-bond donors (Lipinski definition) is 0. The lowest BCUT2D eigenvalue weighted by molar-refractivity contribution is 0.122. The smallest absolute Gasteiger partial charge is 0.142 e. The monoisotopic (exact) mass is 446 g/mol. The molecule has 0 saturated carbocycles. The van der Waals surface area contributed by atoms with E-state index >= 15 is 0 Å². The third-order valence-corrected chi connectivity index (χ3v) is 7.02. The van der Waals surface area contributed by atoms with Crippen LogP contribution in [0.25, 0.3) is 0 Å². The minimum atomic E-state index is -0.221. The van der Waals surface area contributed by atoms with Crippen molar-refractivity contribution in [2.45, 2.75) is 49.6 Å². The standard InChI is InChI=1S/C24H24ClFN2O.ClH/c1-28-20-10-11-22(28)24(21(14-20)16-4-6-17(25)7-5-16)23-13-19(27-29-23)12-15-2-8-18(26)9-3-15;/h2-9,13,20-22,24H,10-12,14H2,1H3;1H/t20?,21-,22?,24+;/m1./s1. The van der Waals surface area contributed by atoms with Gasteiger partial charge in [-0.2, -0.15) is 0 Å². The van der Waals surface area contributed by atoms with Gasteiger partial charge in [0.25, 0.3) is 0 Å². The fourth-order valence-corrected chi connectivity index (χ4v) is 5.41. The van der Waals surface area contributed by atoms with Gasteiger partial charge in [0.15, 0.2) is 0 Å². The first-order valence-electron chi connectivity index (χ1n) is 10.3. The molecule has 2 unspecified atom stereocenters. The van der Waals surface area contributed by atoms with Crippen LogP contribution in [0.1, 0.15) is 53.7 Å². The number of nitrogens with zero attached hydrogens (tertiary/aromatic N) is 2. The highest BCUT2D eigenvalue weighted by molar-refractivity contribution is 6.30. The summed E-state index contributed by atoms with van der Waals surface area (Å²) in [6, 6.07) is 18.0. The first-order chi connectivity index (χ1) is 14.1. The predicted molar refractivity (Wildman–Crippen MR) is 119 cm³/mol. The van der Waals surface area contributed by atoms with Gasteiger partial charge in [0.05, 0.1) is 5.69 Å². The molecule has 0 radical (unpaired) electrons. The summed E-state index contributed by atoms with van der Waals surface area (Å²) in [4.78, 5) is 2.53. The molecular formula is C24H25Cl2FN2O. The quantitative estimate of drug-likeness (QED) is 0.476.